The van der Waals surface area contributed by atoms with E-state index in [0.717, 1.165) is 36.0 Å². The maximum Gasteiger partial charge on any atom is 0.416 e. The summed E-state index contributed by atoms with van der Waals surface area (Å²) in [6, 6.07) is 17.5. The number of hydrogen-bond donors (Lipinski definition) is 1. The maximum absolute atomic E-state index is 13.4. The van der Waals surface area contributed by atoms with Crippen LogP contribution in [0.2, 0.25) is 0 Å². The summed E-state index contributed by atoms with van der Waals surface area (Å²) in [7, 11) is 0. The van der Waals surface area contributed by atoms with Crippen molar-refractivity contribution < 1.29 is 31.1 Å². The molecule has 0 unspecified atom stereocenters. The first-order chi connectivity index (χ1) is 17.5. The lowest BCUT2D eigenvalue weighted by Crippen LogP contribution is -2.24. The number of thioether (sulfide) groups is 1. The van der Waals surface area contributed by atoms with E-state index in [1.54, 1.807) is 30.3 Å². The Kier molecular flexibility index (Phi) is 7.58. The average molecular weight is 537 g/mol. The van der Waals surface area contributed by atoms with E-state index >= 15 is 0 Å². The van der Waals surface area contributed by atoms with Crippen LogP contribution in [0, 0.1) is 0 Å². The molecule has 37 heavy (non-hydrogen) atoms. The van der Waals surface area contributed by atoms with Gasteiger partial charge in [-0.1, -0.05) is 54.2 Å². The van der Waals surface area contributed by atoms with Gasteiger partial charge in [0.05, 0.1) is 23.4 Å². The van der Waals surface area contributed by atoms with E-state index in [0.29, 0.717) is 11.1 Å². The fourth-order valence-electron chi connectivity index (χ4n) is 3.43. The summed E-state index contributed by atoms with van der Waals surface area (Å²) in [4.78, 5) is 12.5. The van der Waals surface area contributed by atoms with Crippen molar-refractivity contribution >= 4 is 17.7 Å². The molecule has 0 atom stereocenters. The van der Waals surface area contributed by atoms with Gasteiger partial charge in [-0.2, -0.15) is 26.3 Å². The molecular weight excluding hydrogens is 518 g/mol. The molecule has 12 heteroatoms. The van der Waals surface area contributed by atoms with Crippen molar-refractivity contribution in [2.24, 2.45) is 0 Å². The molecule has 0 aliphatic heterocycles. The van der Waals surface area contributed by atoms with Crippen molar-refractivity contribution in [3.05, 3.63) is 107 Å². The zero-order valence-corrected chi connectivity index (χ0v) is 19.7. The number of nitrogens with one attached hydrogen (secondary N) is 1. The predicted molar refractivity (Wildman–Crippen MR) is 125 cm³/mol. The minimum Gasteiger partial charge on any atom is -0.345 e. The largest absolute Gasteiger partial charge is 0.416 e. The molecule has 192 valence electrons. The predicted octanol–water partition coefficient (Wildman–Crippen LogP) is 6.53. The van der Waals surface area contributed by atoms with Crippen molar-refractivity contribution in [3.8, 4) is 5.69 Å². The summed E-state index contributed by atoms with van der Waals surface area (Å²) < 4.78 is 80.6. The minimum atomic E-state index is -4.60. The zero-order valence-electron chi connectivity index (χ0n) is 18.8. The lowest BCUT2D eigenvalue weighted by atomic mass is 10.1. The van der Waals surface area contributed by atoms with E-state index in [1.807, 2.05) is 0 Å². The minimum absolute atomic E-state index is 0.0530. The SMILES string of the molecule is O=C(NCc1nnc(SCc2cccc(C(F)(F)F)c2)n1-c1cccc(C(F)(F)F)c1)c1ccccc1. The first kappa shape index (κ1) is 26.3. The number of halogens is 6. The van der Waals surface area contributed by atoms with Gasteiger partial charge in [-0.25, -0.2) is 0 Å². The van der Waals surface area contributed by atoms with Gasteiger partial charge in [-0.3, -0.25) is 9.36 Å². The molecular formula is C25H18F6N4OS. The Balaban J connectivity index is 1.64. The quantitative estimate of drug-likeness (QED) is 0.216. The summed E-state index contributed by atoms with van der Waals surface area (Å²) in [5.41, 5.74) is -0.888. The first-order valence-electron chi connectivity index (χ1n) is 10.8. The normalized spacial score (nSPS) is 11.9. The van der Waals surface area contributed by atoms with Crippen LogP contribution in [-0.2, 0) is 24.7 Å². The van der Waals surface area contributed by atoms with Crippen LogP contribution < -0.4 is 5.32 Å². The van der Waals surface area contributed by atoms with Gasteiger partial charge in [0.15, 0.2) is 11.0 Å². The van der Waals surface area contributed by atoms with Gasteiger partial charge in [0.2, 0.25) is 0 Å². The summed E-state index contributed by atoms with van der Waals surface area (Å²) >= 11 is 1.01. The van der Waals surface area contributed by atoms with Gasteiger partial charge in [-0.05, 0) is 42.0 Å². The van der Waals surface area contributed by atoms with Gasteiger partial charge in [-0.15, -0.1) is 10.2 Å². The number of hydrogen-bond acceptors (Lipinski definition) is 4. The maximum atomic E-state index is 13.4. The number of alkyl halides is 6. The second-order valence-electron chi connectivity index (χ2n) is 7.82. The number of amides is 1. The third-order valence-electron chi connectivity index (χ3n) is 5.20. The van der Waals surface area contributed by atoms with E-state index in [2.05, 4.69) is 15.5 Å². The van der Waals surface area contributed by atoms with Crippen molar-refractivity contribution in [3.63, 3.8) is 0 Å². The molecule has 0 radical (unpaired) electrons. The third-order valence-corrected chi connectivity index (χ3v) is 6.20. The number of aromatic nitrogens is 3. The van der Waals surface area contributed by atoms with Crippen LogP contribution in [0.15, 0.2) is 84.0 Å². The second-order valence-corrected chi connectivity index (χ2v) is 8.76. The highest BCUT2D eigenvalue weighted by Crippen LogP contribution is 2.33. The molecule has 4 aromatic rings. The molecule has 0 saturated heterocycles. The van der Waals surface area contributed by atoms with E-state index in [1.165, 1.54) is 28.8 Å². The molecule has 1 amide bonds. The van der Waals surface area contributed by atoms with Crippen LogP contribution in [0.5, 0.6) is 0 Å². The highest BCUT2D eigenvalue weighted by Gasteiger charge is 2.32. The van der Waals surface area contributed by atoms with Crippen LogP contribution in [0.1, 0.15) is 32.9 Å². The molecule has 4 rings (SSSR count). The number of carbonyl (C=O) groups excluding carboxylic acids is 1. The highest BCUT2D eigenvalue weighted by atomic mass is 32.2. The third kappa shape index (κ3) is 6.50. The monoisotopic (exact) mass is 536 g/mol. The van der Waals surface area contributed by atoms with Crippen molar-refractivity contribution in [2.75, 3.05) is 0 Å². The van der Waals surface area contributed by atoms with E-state index in [4.69, 9.17) is 0 Å². The number of carbonyl (C=O) groups is 1. The standard InChI is InChI=1S/C25H18F6N4OS/c26-24(27,28)18-9-4-6-16(12-18)15-37-23-34-33-21(14-32-22(36)17-7-2-1-3-8-17)35(23)20-11-5-10-19(13-20)25(29,30)31/h1-13H,14-15H2,(H,32,36). The van der Waals surface area contributed by atoms with Crippen molar-refractivity contribution in [1.82, 2.24) is 20.1 Å². The van der Waals surface area contributed by atoms with Gasteiger partial charge in [0, 0.05) is 11.3 Å². The molecule has 5 nitrogen and oxygen atoms in total. The number of rotatable bonds is 7. The Hall–Kier alpha value is -3.80. The van der Waals surface area contributed by atoms with Gasteiger partial charge in [0.25, 0.3) is 5.91 Å². The fourth-order valence-corrected chi connectivity index (χ4v) is 4.34. The smallest absolute Gasteiger partial charge is 0.345 e. The van der Waals surface area contributed by atoms with Crippen LogP contribution in [0.3, 0.4) is 0 Å². The van der Waals surface area contributed by atoms with Crippen LogP contribution in [0.4, 0.5) is 26.3 Å². The average Bonchev–Trinajstić information content (AvgIpc) is 3.28. The topological polar surface area (TPSA) is 59.8 Å². The Morgan fingerprint density at radius 1 is 0.811 bits per heavy atom. The molecule has 0 aliphatic rings. The molecule has 0 bridgehead atoms. The number of nitrogens with zero attached hydrogens (tertiary/aromatic N) is 3. The highest BCUT2D eigenvalue weighted by molar-refractivity contribution is 7.98. The lowest BCUT2D eigenvalue weighted by molar-refractivity contribution is -0.138. The summed E-state index contributed by atoms with van der Waals surface area (Å²) in [6.45, 7) is -0.152. The fraction of sp³-hybridized carbons (Fsp3) is 0.160. The van der Waals surface area contributed by atoms with Crippen LogP contribution >= 0.6 is 11.8 Å². The second kappa shape index (κ2) is 10.7. The van der Waals surface area contributed by atoms with Crippen molar-refractivity contribution in [2.45, 2.75) is 29.8 Å². The molecule has 1 N–H and O–H groups in total. The Labute approximate surface area is 211 Å². The molecule has 3 aromatic carbocycles. The molecule has 1 heterocycles. The van der Waals surface area contributed by atoms with E-state index in [9.17, 15) is 31.1 Å². The molecule has 1 aromatic heterocycles. The van der Waals surface area contributed by atoms with Crippen molar-refractivity contribution in [1.29, 1.82) is 0 Å². The molecule has 0 fully saturated rings. The molecule has 0 saturated carbocycles. The number of benzene rings is 3. The Morgan fingerprint density at radius 3 is 2.14 bits per heavy atom. The van der Waals surface area contributed by atoms with E-state index in [-0.39, 0.29) is 29.0 Å². The molecule has 0 aliphatic carbocycles. The lowest BCUT2D eigenvalue weighted by Gasteiger charge is -2.14. The van der Waals surface area contributed by atoms with Crippen LogP contribution in [-0.4, -0.2) is 20.7 Å². The summed E-state index contributed by atoms with van der Waals surface area (Å²) in [6.07, 6.45) is -9.11. The summed E-state index contributed by atoms with van der Waals surface area (Å²) in [5.74, 6) is -0.218. The first-order valence-corrected chi connectivity index (χ1v) is 11.7. The zero-order chi connectivity index (χ0) is 26.6. The molecule has 0 spiro atoms. The van der Waals surface area contributed by atoms with Gasteiger partial charge < -0.3 is 5.32 Å². The summed E-state index contributed by atoms with van der Waals surface area (Å²) in [5, 5.41) is 10.9. The van der Waals surface area contributed by atoms with Gasteiger partial charge in [0.1, 0.15) is 0 Å². The van der Waals surface area contributed by atoms with E-state index < -0.39 is 29.4 Å². The van der Waals surface area contributed by atoms with Gasteiger partial charge >= 0.3 is 12.4 Å². The van der Waals surface area contributed by atoms with Crippen LogP contribution in [0.25, 0.3) is 5.69 Å². The Morgan fingerprint density at radius 2 is 1.46 bits per heavy atom. The Bertz CT molecular complexity index is 1390.